The van der Waals surface area contributed by atoms with Crippen molar-refractivity contribution >= 4 is 12.0 Å². The third-order valence-electron chi connectivity index (χ3n) is 4.66. The Balaban J connectivity index is 2.06. The number of likely N-dealkylation sites (tertiary alicyclic amines) is 1. The molecule has 2 fully saturated rings. The lowest BCUT2D eigenvalue weighted by Crippen LogP contribution is -2.51. The van der Waals surface area contributed by atoms with Crippen LogP contribution in [0.25, 0.3) is 0 Å². The number of hydrogen-bond donors (Lipinski definition) is 1. The Morgan fingerprint density at radius 1 is 1.20 bits per heavy atom. The Hall–Kier alpha value is -1.26. The first-order valence-electron chi connectivity index (χ1n) is 7.79. The summed E-state index contributed by atoms with van der Waals surface area (Å²) < 4.78 is 0. The Bertz CT molecular complexity index is 364. The first-order chi connectivity index (χ1) is 9.50. The van der Waals surface area contributed by atoms with Gasteiger partial charge >= 0.3 is 12.0 Å². The van der Waals surface area contributed by atoms with Crippen LogP contribution in [0.5, 0.6) is 0 Å². The topological polar surface area (TPSA) is 60.9 Å². The molecular weight excluding hydrogens is 256 g/mol. The van der Waals surface area contributed by atoms with Crippen LogP contribution in [0.2, 0.25) is 0 Å². The predicted molar refractivity (Wildman–Crippen MR) is 76.6 cm³/mol. The van der Waals surface area contributed by atoms with E-state index in [9.17, 15) is 9.59 Å². The van der Waals surface area contributed by atoms with Gasteiger partial charge in [-0.1, -0.05) is 12.8 Å². The largest absolute Gasteiger partial charge is 0.480 e. The second kappa shape index (κ2) is 6.46. The molecule has 1 aliphatic heterocycles. The van der Waals surface area contributed by atoms with E-state index in [1.54, 1.807) is 0 Å². The molecule has 1 aliphatic carbocycles. The van der Waals surface area contributed by atoms with Crippen LogP contribution in [-0.4, -0.2) is 52.1 Å². The third kappa shape index (κ3) is 3.25. The molecule has 5 nitrogen and oxygen atoms in total. The molecule has 1 heterocycles. The van der Waals surface area contributed by atoms with Crippen molar-refractivity contribution in [1.82, 2.24) is 9.80 Å². The van der Waals surface area contributed by atoms with Crippen LogP contribution in [0.1, 0.15) is 52.4 Å². The van der Waals surface area contributed by atoms with Gasteiger partial charge in [-0.25, -0.2) is 4.79 Å². The molecule has 1 N–H and O–H groups in total. The van der Waals surface area contributed by atoms with Crippen LogP contribution in [0.3, 0.4) is 0 Å². The summed E-state index contributed by atoms with van der Waals surface area (Å²) in [5.74, 6) is -0.316. The van der Waals surface area contributed by atoms with Crippen molar-refractivity contribution < 1.29 is 14.7 Å². The summed E-state index contributed by atoms with van der Waals surface area (Å²) in [5.41, 5.74) is 0. The molecule has 0 bridgehead atoms. The maximum Gasteiger partial charge on any atom is 0.323 e. The van der Waals surface area contributed by atoms with E-state index in [2.05, 4.69) is 0 Å². The van der Waals surface area contributed by atoms with Crippen molar-refractivity contribution in [1.29, 1.82) is 0 Å². The van der Waals surface area contributed by atoms with Gasteiger partial charge in [0.25, 0.3) is 0 Å². The van der Waals surface area contributed by atoms with Crippen LogP contribution >= 0.6 is 0 Å². The van der Waals surface area contributed by atoms with Gasteiger partial charge in [-0.2, -0.15) is 0 Å². The van der Waals surface area contributed by atoms with E-state index in [0.717, 1.165) is 19.4 Å². The number of carboxylic acid groups (broad SMARTS) is 1. The summed E-state index contributed by atoms with van der Waals surface area (Å²) in [5, 5.41) is 8.99. The van der Waals surface area contributed by atoms with E-state index in [-0.39, 0.29) is 18.6 Å². The lowest BCUT2D eigenvalue weighted by molar-refractivity contribution is -0.138. The second-order valence-electron chi connectivity index (χ2n) is 6.35. The van der Waals surface area contributed by atoms with Crippen molar-refractivity contribution in [2.24, 2.45) is 5.92 Å². The molecule has 2 amide bonds. The summed E-state index contributed by atoms with van der Waals surface area (Å²) >= 11 is 0. The summed E-state index contributed by atoms with van der Waals surface area (Å²) in [7, 11) is 0. The van der Waals surface area contributed by atoms with Crippen LogP contribution < -0.4 is 0 Å². The third-order valence-corrected chi connectivity index (χ3v) is 4.66. The molecule has 1 saturated carbocycles. The zero-order valence-corrected chi connectivity index (χ0v) is 12.5. The minimum atomic E-state index is -0.941. The average molecular weight is 282 g/mol. The number of amides is 2. The van der Waals surface area contributed by atoms with Gasteiger partial charge in [0.15, 0.2) is 0 Å². The van der Waals surface area contributed by atoms with Gasteiger partial charge < -0.3 is 14.9 Å². The van der Waals surface area contributed by atoms with E-state index in [0.29, 0.717) is 12.0 Å². The molecule has 114 valence electrons. The first-order valence-corrected chi connectivity index (χ1v) is 7.79. The minimum absolute atomic E-state index is 0.0802. The highest BCUT2D eigenvalue weighted by Gasteiger charge is 2.38. The normalized spacial score (nSPS) is 23.6. The van der Waals surface area contributed by atoms with E-state index in [1.807, 2.05) is 18.7 Å². The van der Waals surface area contributed by atoms with E-state index in [1.165, 1.54) is 30.6 Å². The Morgan fingerprint density at radius 3 is 2.40 bits per heavy atom. The van der Waals surface area contributed by atoms with Crippen LogP contribution in [-0.2, 0) is 4.79 Å². The fourth-order valence-corrected chi connectivity index (χ4v) is 3.64. The lowest BCUT2D eigenvalue weighted by Gasteiger charge is -2.35. The van der Waals surface area contributed by atoms with Crippen LogP contribution in [0, 0.1) is 5.92 Å². The predicted octanol–water partition coefficient (Wildman–Crippen LogP) is 2.56. The molecule has 0 aromatic heterocycles. The smallest absolute Gasteiger partial charge is 0.323 e. The SMILES string of the molecule is CC(C)N(CC(=O)O)C(=O)N1CCCC1C1CCCC1. The van der Waals surface area contributed by atoms with Crippen LogP contribution in [0.15, 0.2) is 0 Å². The molecule has 1 atom stereocenters. The number of aliphatic carboxylic acids is 1. The molecule has 0 radical (unpaired) electrons. The highest BCUT2D eigenvalue weighted by molar-refractivity contribution is 5.80. The molecule has 0 aromatic carbocycles. The van der Waals surface area contributed by atoms with Crippen molar-refractivity contribution in [3.05, 3.63) is 0 Å². The molecule has 2 aliphatic rings. The average Bonchev–Trinajstić information content (AvgIpc) is 3.03. The van der Waals surface area contributed by atoms with Gasteiger partial charge in [-0.15, -0.1) is 0 Å². The fourth-order valence-electron chi connectivity index (χ4n) is 3.64. The number of carbonyl (C=O) groups excluding carboxylic acids is 1. The molecule has 5 heteroatoms. The molecule has 0 spiro atoms. The van der Waals surface area contributed by atoms with Crippen molar-refractivity contribution in [2.45, 2.75) is 64.5 Å². The molecule has 0 aromatic rings. The summed E-state index contributed by atoms with van der Waals surface area (Å²) in [6.07, 6.45) is 7.10. The number of carbonyl (C=O) groups is 2. The maximum atomic E-state index is 12.7. The highest BCUT2D eigenvalue weighted by atomic mass is 16.4. The minimum Gasteiger partial charge on any atom is -0.480 e. The zero-order chi connectivity index (χ0) is 14.7. The molecule has 2 rings (SSSR count). The standard InChI is InChI=1S/C15H26N2O3/c1-11(2)17(10-14(18)19)15(20)16-9-5-8-13(16)12-6-3-4-7-12/h11-13H,3-10H2,1-2H3,(H,18,19). The van der Waals surface area contributed by atoms with E-state index >= 15 is 0 Å². The van der Waals surface area contributed by atoms with Gasteiger partial charge in [0.1, 0.15) is 6.54 Å². The molecule has 1 unspecified atom stereocenters. The van der Waals surface area contributed by atoms with Crippen LogP contribution in [0.4, 0.5) is 4.79 Å². The van der Waals surface area contributed by atoms with Crippen molar-refractivity contribution in [2.75, 3.05) is 13.1 Å². The first kappa shape index (κ1) is 15.1. The summed E-state index contributed by atoms with van der Waals surface area (Å²) in [4.78, 5) is 27.1. The second-order valence-corrected chi connectivity index (χ2v) is 6.35. The maximum absolute atomic E-state index is 12.7. The quantitative estimate of drug-likeness (QED) is 0.862. The summed E-state index contributed by atoms with van der Waals surface area (Å²) in [6.45, 7) is 4.33. The number of nitrogens with zero attached hydrogens (tertiary/aromatic N) is 2. The van der Waals surface area contributed by atoms with Gasteiger partial charge in [0.05, 0.1) is 0 Å². The monoisotopic (exact) mass is 282 g/mol. The molecule has 1 saturated heterocycles. The number of carboxylic acids is 1. The molecular formula is C15H26N2O3. The van der Waals surface area contributed by atoms with Gasteiger partial charge in [-0.05, 0) is 45.4 Å². The van der Waals surface area contributed by atoms with Crippen molar-refractivity contribution in [3.63, 3.8) is 0 Å². The van der Waals surface area contributed by atoms with Crippen molar-refractivity contribution in [3.8, 4) is 0 Å². The Kier molecular flexibility index (Phi) is 4.89. The Labute approximate surface area is 120 Å². The number of hydrogen-bond acceptors (Lipinski definition) is 2. The molecule has 20 heavy (non-hydrogen) atoms. The van der Waals surface area contributed by atoms with Gasteiger partial charge in [-0.3, -0.25) is 4.79 Å². The van der Waals surface area contributed by atoms with Gasteiger partial charge in [0, 0.05) is 18.6 Å². The zero-order valence-electron chi connectivity index (χ0n) is 12.5. The Morgan fingerprint density at radius 2 is 1.85 bits per heavy atom. The number of urea groups is 1. The van der Waals surface area contributed by atoms with Gasteiger partial charge in [0.2, 0.25) is 0 Å². The number of rotatable bonds is 4. The fraction of sp³-hybridized carbons (Fsp3) is 0.867. The highest BCUT2D eigenvalue weighted by Crippen LogP contribution is 2.35. The van der Waals surface area contributed by atoms with E-state index < -0.39 is 5.97 Å². The van der Waals surface area contributed by atoms with E-state index in [4.69, 9.17) is 5.11 Å². The lowest BCUT2D eigenvalue weighted by atomic mass is 9.96. The summed E-state index contributed by atoms with van der Waals surface area (Å²) in [6, 6.07) is 0.167.